The van der Waals surface area contributed by atoms with Gasteiger partial charge in [-0.3, -0.25) is 0 Å². The first kappa shape index (κ1) is 14.6. The van der Waals surface area contributed by atoms with E-state index in [1.165, 1.54) is 0 Å². The van der Waals surface area contributed by atoms with Crippen molar-refractivity contribution in [1.29, 1.82) is 0 Å². The molecule has 0 spiro atoms. The van der Waals surface area contributed by atoms with E-state index in [0.29, 0.717) is 18.8 Å². The molecular formula is C12H21N3O3. The summed E-state index contributed by atoms with van der Waals surface area (Å²) < 4.78 is 6.67. The Morgan fingerprint density at radius 2 is 2.06 bits per heavy atom. The molecule has 1 heterocycles. The molecule has 0 saturated heterocycles. The first-order valence-electron chi connectivity index (χ1n) is 6.04. The molecule has 0 saturated carbocycles. The number of unbranched alkanes of at least 4 members (excludes halogenated alkanes) is 1. The summed E-state index contributed by atoms with van der Waals surface area (Å²) >= 11 is 0. The Hall–Kier alpha value is -1.43. The average molecular weight is 255 g/mol. The number of ether oxygens (including phenoxy) is 1. The number of aryl methyl sites for hydroxylation is 1. The van der Waals surface area contributed by atoms with Gasteiger partial charge in [-0.2, -0.15) is 0 Å². The van der Waals surface area contributed by atoms with Crippen LogP contribution in [0.2, 0.25) is 0 Å². The highest BCUT2D eigenvalue weighted by molar-refractivity contribution is 5.86. The van der Waals surface area contributed by atoms with Crippen LogP contribution in [-0.2, 0) is 16.7 Å². The molecule has 0 aromatic carbocycles. The van der Waals surface area contributed by atoms with Crippen LogP contribution in [0.25, 0.3) is 0 Å². The molecule has 1 rings (SSSR count). The van der Waals surface area contributed by atoms with Gasteiger partial charge in [-0.05, 0) is 12.8 Å². The Kier molecular flexibility index (Phi) is 4.84. The standard InChI is InChI=1S/C12H21N3O3/c1-12(2,3)10-9(11(16)17)13-14-15(10)7-5-6-8-18-4/h5-8H2,1-4H3,(H,16,17). The number of carbonyl (C=O) groups is 1. The number of methoxy groups -OCH3 is 1. The molecule has 0 fully saturated rings. The van der Waals surface area contributed by atoms with Crippen LogP contribution >= 0.6 is 0 Å². The van der Waals surface area contributed by atoms with E-state index >= 15 is 0 Å². The van der Waals surface area contributed by atoms with Crippen LogP contribution in [0.15, 0.2) is 0 Å². The number of hydrogen-bond acceptors (Lipinski definition) is 4. The fourth-order valence-electron chi connectivity index (χ4n) is 1.86. The van der Waals surface area contributed by atoms with Gasteiger partial charge >= 0.3 is 5.97 Å². The van der Waals surface area contributed by atoms with Gasteiger partial charge in [0.1, 0.15) is 0 Å². The summed E-state index contributed by atoms with van der Waals surface area (Å²) in [5, 5.41) is 16.8. The molecule has 0 aliphatic heterocycles. The molecule has 0 radical (unpaired) electrons. The van der Waals surface area contributed by atoms with Crippen molar-refractivity contribution in [3.8, 4) is 0 Å². The Balaban J connectivity index is 2.88. The van der Waals surface area contributed by atoms with Gasteiger partial charge < -0.3 is 9.84 Å². The number of nitrogens with zero attached hydrogens (tertiary/aromatic N) is 3. The minimum Gasteiger partial charge on any atom is -0.476 e. The number of carboxylic acids is 1. The summed E-state index contributed by atoms with van der Waals surface area (Å²) in [4.78, 5) is 11.1. The van der Waals surface area contributed by atoms with Gasteiger partial charge in [0.05, 0.1) is 5.69 Å². The van der Waals surface area contributed by atoms with Crippen LogP contribution in [0.3, 0.4) is 0 Å². The van der Waals surface area contributed by atoms with Gasteiger partial charge in [-0.1, -0.05) is 26.0 Å². The Bertz CT molecular complexity index is 407. The van der Waals surface area contributed by atoms with Crippen molar-refractivity contribution in [2.24, 2.45) is 0 Å². The Morgan fingerprint density at radius 3 is 2.56 bits per heavy atom. The third-order valence-corrected chi connectivity index (χ3v) is 2.62. The zero-order valence-electron chi connectivity index (χ0n) is 11.4. The summed E-state index contributed by atoms with van der Waals surface area (Å²) in [6.45, 7) is 7.25. The molecular weight excluding hydrogens is 234 g/mol. The van der Waals surface area contributed by atoms with E-state index < -0.39 is 5.97 Å². The van der Waals surface area contributed by atoms with E-state index in [-0.39, 0.29) is 11.1 Å². The molecule has 102 valence electrons. The molecule has 6 nitrogen and oxygen atoms in total. The second-order valence-electron chi connectivity index (χ2n) is 5.26. The van der Waals surface area contributed by atoms with Crippen LogP contribution in [-0.4, -0.2) is 39.8 Å². The minimum absolute atomic E-state index is 0.0502. The first-order valence-corrected chi connectivity index (χ1v) is 6.04. The molecule has 0 atom stereocenters. The van der Waals surface area contributed by atoms with E-state index in [1.54, 1.807) is 11.8 Å². The molecule has 6 heteroatoms. The lowest BCUT2D eigenvalue weighted by Gasteiger charge is -2.20. The summed E-state index contributed by atoms with van der Waals surface area (Å²) in [7, 11) is 1.67. The van der Waals surface area contributed by atoms with Gasteiger partial charge in [0, 0.05) is 25.7 Å². The van der Waals surface area contributed by atoms with Crippen LogP contribution in [0.4, 0.5) is 0 Å². The second kappa shape index (κ2) is 5.95. The van der Waals surface area contributed by atoms with Crippen LogP contribution in [0.1, 0.15) is 49.8 Å². The second-order valence-corrected chi connectivity index (χ2v) is 5.26. The Morgan fingerprint density at radius 1 is 1.39 bits per heavy atom. The first-order chi connectivity index (χ1) is 8.38. The van der Waals surface area contributed by atoms with Crippen LogP contribution in [0, 0.1) is 0 Å². The van der Waals surface area contributed by atoms with Gasteiger partial charge in [-0.15, -0.1) is 5.10 Å². The number of aromatic nitrogens is 3. The van der Waals surface area contributed by atoms with E-state index in [4.69, 9.17) is 9.84 Å². The van der Waals surface area contributed by atoms with Gasteiger partial charge in [-0.25, -0.2) is 9.48 Å². The maximum absolute atomic E-state index is 11.1. The molecule has 1 aromatic rings. The molecule has 0 unspecified atom stereocenters. The van der Waals surface area contributed by atoms with E-state index in [9.17, 15) is 4.79 Å². The highest BCUT2D eigenvalue weighted by Crippen LogP contribution is 2.24. The highest BCUT2D eigenvalue weighted by Gasteiger charge is 2.28. The van der Waals surface area contributed by atoms with Crippen molar-refractivity contribution in [2.45, 2.75) is 45.6 Å². The zero-order valence-corrected chi connectivity index (χ0v) is 11.4. The number of aromatic carboxylic acids is 1. The van der Waals surface area contributed by atoms with Gasteiger partial charge in [0.2, 0.25) is 0 Å². The van der Waals surface area contributed by atoms with Crippen molar-refractivity contribution in [3.63, 3.8) is 0 Å². The third-order valence-electron chi connectivity index (χ3n) is 2.62. The fourth-order valence-corrected chi connectivity index (χ4v) is 1.86. The van der Waals surface area contributed by atoms with E-state index in [1.807, 2.05) is 20.8 Å². The molecule has 1 aromatic heterocycles. The van der Waals surface area contributed by atoms with Crippen molar-refractivity contribution < 1.29 is 14.6 Å². The summed E-state index contributed by atoms with van der Waals surface area (Å²) in [5.74, 6) is -1.02. The summed E-state index contributed by atoms with van der Waals surface area (Å²) in [5.41, 5.74) is 0.431. The lowest BCUT2D eigenvalue weighted by Crippen LogP contribution is -2.22. The van der Waals surface area contributed by atoms with E-state index in [2.05, 4.69) is 10.3 Å². The lowest BCUT2D eigenvalue weighted by atomic mass is 9.90. The molecule has 18 heavy (non-hydrogen) atoms. The topological polar surface area (TPSA) is 77.2 Å². The number of hydrogen-bond donors (Lipinski definition) is 1. The normalized spacial score (nSPS) is 11.8. The largest absolute Gasteiger partial charge is 0.476 e. The summed E-state index contributed by atoms with van der Waals surface area (Å²) in [6, 6.07) is 0. The molecule has 1 N–H and O–H groups in total. The molecule has 0 aliphatic rings. The van der Waals surface area contributed by atoms with Crippen molar-refractivity contribution in [2.75, 3.05) is 13.7 Å². The molecule has 0 amide bonds. The Labute approximate surface area is 107 Å². The number of rotatable bonds is 6. The summed E-state index contributed by atoms with van der Waals surface area (Å²) in [6.07, 6.45) is 1.81. The molecule has 0 bridgehead atoms. The van der Waals surface area contributed by atoms with Crippen LogP contribution in [0.5, 0.6) is 0 Å². The average Bonchev–Trinajstić information content (AvgIpc) is 2.68. The fraction of sp³-hybridized carbons (Fsp3) is 0.750. The van der Waals surface area contributed by atoms with Crippen LogP contribution < -0.4 is 0 Å². The third kappa shape index (κ3) is 3.53. The number of carboxylic acid groups (broad SMARTS) is 1. The zero-order chi connectivity index (χ0) is 13.8. The van der Waals surface area contributed by atoms with Crippen molar-refractivity contribution >= 4 is 5.97 Å². The minimum atomic E-state index is -1.02. The SMILES string of the molecule is COCCCCn1nnc(C(=O)O)c1C(C)(C)C. The highest BCUT2D eigenvalue weighted by atomic mass is 16.5. The lowest BCUT2D eigenvalue weighted by molar-refractivity contribution is 0.0687. The quantitative estimate of drug-likeness (QED) is 0.783. The predicted octanol–water partition coefficient (Wildman–Crippen LogP) is 1.70. The maximum atomic E-state index is 11.1. The van der Waals surface area contributed by atoms with E-state index in [0.717, 1.165) is 12.8 Å². The van der Waals surface area contributed by atoms with Crippen molar-refractivity contribution in [3.05, 3.63) is 11.4 Å². The predicted molar refractivity (Wildman–Crippen MR) is 66.8 cm³/mol. The van der Waals surface area contributed by atoms with Gasteiger partial charge in [0.15, 0.2) is 5.69 Å². The smallest absolute Gasteiger partial charge is 0.358 e. The van der Waals surface area contributed by atoms with Crippen molar-refractivity contribution in [1.82, 2.24) is 15.0 Å². The van der Waals surface area contributed by atoms with Gasteiger partial charge in [0.25, 0.3) is 0 Å². The molecule has 0 aliphatic carbocycles. The monoisotopic (exact) mass is 255 g/mol. The maximum Gasteiger partial charge on any atom is 0.358 e.